The van der Waals surface area contributed by atoms with E-state index < -0.39 is 5.54 Å². The van der Waals surface area contributed by atoms with Gasteiger partial charge >= 0.3 is 0 Å². The summed E-state index contributed by atoms with van der Waals surface area (Å²) in [5.74, 6) is -0.146. The van der Waals surface area contributed by atoms with Gasteiger partial charge in [0.25, 0.3) is 5.91 Å². The Balaban J connectivity index is 1.87. The monoisotopic (exact) mass is 357 g/mol. The number of anilines is 1. The van der Waals surface area contributed by atoms with Crippen molar-refractivity contribution in [3.05, 3.63) is 45.9 Å². The van der Waals surface area contributed by atoms with Gasteiger partial charge in [0, 0.05) is 18.9 Å². The van der Waals surface area contributed by atoms with Crippen molar-refractivity contribution in [2.45, 2.75) is 25.8 Å². The minimum absolute atomic E-state index is 0.125. The highest BCUT2D eigenvalue weighted by Gasteiger charge is 2.37. The Morgan fingerprint density at radius 2 is 2.20 bits per heavy atom. The fourth-order valence-electron chi connectivity index (χ4n) is 2.60. The average molecular weight is 357 g/mol. The van der Waals surface area contributed by atoms with Crippen LogP contribution in [0.3, 0.4) is 0 Å². The van der Waals surface area contributed by atoms with Crippen LogP contribution >= 0.6 is 11.3 Å². The number of rotatable bonds is 3. The second-order valence-electron chi connectivity index (χ2n) is 6.25. The minimum Gasteiger partial charge on any atom is -0.369 e. The Hall–Kier alpha value is -2.74. The summed E-state index contributed by atoms with van der Waals surface area (Å²) in [6, 6.07) is 5.27. The van der Waals surface area contributed by atoms with Gasteiger partial charge in [0.2, 0.25) is 5.91 Å². The SMILES string of the molecule is Cc1csc(C(=O)Nc2ccnc(C3(C)CC(=O)N(C)C(N)=N3)c2)c1. The Morgan fingerprint density at radius 1 is 1.44 bits per heavy atom. The van der Waals surface area contributed by atoms with Crippen LogP contribution in [0.4, 0.5) is 5.69 Å². The van der Waals surface area contributed by atoms with Gasteiger partial charge in [-0.05, 0) is 43.0 Å². The number of nitrogens with one attached hydrogen (secondary N) is 1. The van der Waals surface area contributed by atoms with Crippen LogP contribution < -0.4 is 11.1 Å². The van der Waals surface area contributed by atoms with Gasteiger partial charge in [-0.1, -0.05) is 0 Å². The van der Waals surface area contributed by atoms with Crippen LogP contribution in [0.1, 0.15) is 34.3 Å². The lowest BCUT2D eigenvalue weighted by Gasteiger charge is -2.32. The largest absolute Gasteiger partial charge is 0.369 e. The molecule has 0 saturated heterocycles. The molecule has 0 aliphatic carbocycles. The lowest BCUT2D eigenvalue weighted by Crippen LogP contribution is -2.47. The molecule has 3 N–H and O–H groups in total. The quantitative estimate of drug-likeness (QED) is 0.878. The molecule has 0 bridgehead atoms. The smallest absolute Gasteiger partial charge is 0.265 e. The summed E-state index contributed by atoms with van der Waals surface area (Å²) in [4.78, 5) is 35.1. The number of nitrogens with two attached hydrogens (primary N) is 1. The number of hydrogen-bond donors (Lipinski definition) is 2. The van der Waals surface area contributed by atoms with Crippen LogP contribution in [-0.4, -0.2) is 34.7 Å². The fourth-order valence-corrected chi connectivity index (χ4v) is 3.39. The molecule has 0 spiro atoms. The van der Waals surface area contributed by atoms with Gasteiger partial charge in [-0.25, -0.2) is 4.99 Å². The average Bonchev–Trinajstić information content (AvgIpc) is 2.99. The highest BCUT2D eigenvalue weighted by Crippen LogP contribution is 2.32. The van der Waals surface area contributed by atoms with E-state index in [0.29, 0.717) is 16.3 Å². The van der Waals surface area contributed by atoms with E-state index in [-0.39, 0.29) is 24.2 Å². The lowest BCUT2D eigenvalue weighted by molar-refractivity contribution is -0.128. The Labute approximate surface area is 149 Å². The zero-order valence-corrected chi connectivity index (χ0v) is 15.1. The third-order valence-corrected chi connectivity index (χ3v) is 5.15. The number of hydrogen-bond acceptors (Lipinski definition) is 6. The third kappa shape index (κ3) is 3.39. The van der Waals surface area contributed by atoms with Crippen molar-refractivity contribution >= 4 is 34.8 Å². The molecular formula is C17H19N5O2S. The predicted octanol–water partition coefficient (Wildman–Crippen LogP) is 2.10. The van der Waals surface area contributed by atoms with E-state index in [0.717, 1.165) is 5.56 Å². The molecule has 0 aromatic carbocycles. The molecule has 3 heterocycles. The highest BCUT2D eigenvalue weighted by atomic mass is 32.1. The summed E-state index contributed by atoms with van der Waals surface area (Å²) < 4.78 is 0. The van der Waals surface area contributed by atoms with Gasteiger partial charge in [-0.2, -0.15) is 0 Å². The maximum absolute atomic E-state index is 12.3. The molecule has 7 nitrogen and oxygen atoms in total. The number of thiophene rings is 1. The summed E-state index contributed by atoms with van der Waals surface area (Å²) >= 11 is 1.39. The van der Waals surface area contributed by atoms with Crippen molar-refractivity contribution < 1.29 is 9.59 Å². The number of carbonyl (C=O) groups excluding carboxylic acids is 2. The number of amides is 2. The molecule has 130 valence electrons. The van der Waals surface area contributed by atoms with Crippen molar-refractivity contribution in [2.75, 3.05) is 12.4 Å². The second kappa shape index (κ2) is 6.29. The summed E-state index contributed by atoms with van der Waals surface area (Å²) in [5.41, 5.74) is 7.21. The first kappa shape index (κ1) is 17.1. The Kier molecular flexibility index (Phi) is 4.30. The van der Waals surface area contributed by atoms with Crippen molar-refractivity contribution in [3.63, 3.8) is 0 Å². The highest BCUT2D eigenvalue weighted by molar-refractivity contribution is 7.12. The van der Waals surface area contributed by atoms with E-state index in [1.54, 1.807) is 32.3 Å². The first-order valence-corrected chi connectivity index (χ1v) is 8.61. The zero-order chi connectivity index (χ0) is 18.2. The molecule has 0 saturated carbocycles. The van der Waals surface area contributed by atoms with Gasteiger partial charge < -0.3 is 11.1 Å². The summed E-state index contributed by atoms with van der Waals surface area (Å²) in [6.07, 6.45) is 1.75. The fraction of sp³-hybridized carbons (Fsp3) is 0.294. The maximum atomic E-state index is 12.3. The molecule has 1 unspecified atom stereocenters. The van der Waals surface area contributed by atoms with Crippen LogP contribution in [0, 0.1) is 6.92 Å². The van der Waals surface area contributed by atoms with Crippen LogP contribution in [0.2, 0.25) is 0 Å². The van der Waals surface area contributed by atoms with Gasteiger partial charge in [-0.15, -0.1) is 11.3 Å². The van der Waals surface area contributed by atoms with Gasteiger partial charge in [-0.3, -0.25) is 19.5 Å². The van der Waals surface area contributed by atoms with Crippen molar-refractivity contribution in [1.82, 2.24) is 9.88 Å². The number of aromatic nitrogens is 1. The third-order valence-electron chi connectivity index (χ3n) is 4.10. The van der Waals surface area contributed by atoms with E-state index in [2.05, 4.69) is 15.3 Å². The van der Waals surface area contributed by atoms with E-state index in [1.807, 2.05) is 18.4 Å². The molecule has 0 fully saturated rings. The van der Waals surface area contributed by atoms with E-state index in [9.17, 15) is 9.59 Å². The molecule has 1 atom stereocenters. The first-order chi connectivity index (χ1) is 11.8. The van der Waals surface area contributed by atoms with Gasteiger partial charge in [0.15, 0.2) is 5.96 Å². The molecule has 25 heavy (non-hydrogen) atoms. The summed E-state index contributed by atoms with van der Waals surface area (Å²) in [7, 11) is 1.59. The van der Waals surface area contributed by atoms with Crippen molar-refractivity contribution in [3.8, 4) is 0 Å². The number of pyridine rings is 1. The summed E-state index contributed by atoms with van der Waals surface area (Å²) in [6.45, 7) is 3.75. The molecule has 0 radical (unpaired) electrons. The topological polar surface area (TPSA) is 101 Å². The molecule has 3 rings (SSSR count). The number of guanidine groups is 1. The van der Waals surface area contributed by atoms with Crippen molar-refractivity contribution in [2.24, 2.45) is 10.7 Å². The summed E-state index contributed by atoms with van der Waals surface area (Å²) in [5, 5.41) is 4.78. The minimum atomic E-state index is -0.853. The number of carbonyl (C=O) groups is 2. The lowest BCUT2D eigenvalue weighted by atomic mass is 9.91. The predicted molar refractivity (Wildman–Crippen MR) is 97.6 cm³/mol. The van der Waals surface area contributed by atoms with E-state index in [4.69, 9.17) is 5.73 Å². The van der Waals surface area contributed by atoms with Crippen LogP contribution in [-0.2, 0) is 10.3 Å². The molecule has 1 aliphatic heterocycles. The van der Waals surface area contributed by atoms with Crippen LogP contribution in [0.25, 0.3) is 0 Å². The molecule has 2 amide bonds. The van der Waals surface area contributed by atoms with Gasteiger partial charge in [0.1, 0.15) is 5.54 Å². The molecular weight excluding hydrogens is 338 g/mol. The normalized spacial score (nSPS) is 20.4. The molecule has 2 aromatic rings. The standard InChI is InChI=1S/C17H19N5O2S/c1-10-6-12(25-9-10)15(24)20-11-4-5-19-13(7-11)17(2)8-14(23)22(3)16(18)21-17/h4-7,9H,8H2,1-3H3,(H2,18,21)(H,19,20,24). The first-order valence-electron chi connectivity index (χ1n) is 7.73. The number of nitrogens with zero attached hydrogens (tertiary/aromatic N) is 3. The van der Waals surface area contributed by atoms with E-state index >= 15 is 0 Å². The van der Waals surface area contributed by atoms with Gasteiger partial charge in [0.05, 0.1) is 17.0 Å². The zero-order valence-electron chi connectivity index (χ0n) is 14.2. The van der Waals surface area contributed by atoms with Crippen LogP contribution in [0.15, 0.2) is 34.8 Å². The van der Waals surface area contributed by atoms with Crippen molar-refractivity contribution in [1.29, 1.82) is 0 Å². The maximum Gasteiger partial charge on any atom is 0.265 e. The second-order valence-corrected chi connectivity index (χ2v) is 7.16. The Morgan fingerprint density at radius 3 is 2.84 bits per heavy atom. The molecule has 8 heteroatoms. The number of aryl methyl sites for hydroxylation is 1. The molecule has 1 aliphatic rings. The van der Waals surface area contributed by atoms with E-state index in [1.165, 1.54) is 16.2 Å². The number of aliphatic imine (C=N–C) groups is 1. The Bertz CT molecular complexity index is 875. The van der Waals surface area contributed by atoms with Crippen LogP contribution in [0.5, 0.6) is 0 Å². The molecule has 2 aromatic heterocycles.